The molecule has 2 saturated heterocycles. The SMILES string of the molecule is CC(C)(C)[C@@H]1CCN(C2CCN(C(C)(C)C)CC2)C[C@H]1F. The lowest BCUT2D eigenvalue weighted by Gasteiger charge is -2.47. The number of alkyl halides is 1. The molecule has 0 bridgehead atoms. The van der Waals surface area contributed by atoms with Crippen LogP contribution in [0.3, 0.4) is 0 Å². The summed E-state index contributed by atoms with van der Waals surface area (Å²) in [6.07, 6.45) is 2.76. The van der Waals surface area contributed by atoms with E-state index < -0.39 is 6.17 Å². The van der Waals surface area contributed by atoms with Crippen LogP contribution in [0, 0.1) is 11.3 Å². The first-order valence-corrected chi connectivity index (χ1v) is 8.72. The molecule has 2 aliphatic rings. The van der Waals surface area contributed by atoms with E-state index in [2.05, 4.69) is 51.3 Å². The molecule has 2 atom stereocenters. The van der Waals surface area contributed by atoms with Gasteiger partial charge in [0.15, 0.2) is 0 Å². The lowest BCUT2D eigenvalue weighted by Crippen LogP contribution is -2.55. The minimum absolute atomic E-state index is 0.0983. The Hall–Kier alpha value is -0.150. The molecule has 124 valence electrons. The van der Waals surface area contributed by atoms with Crippen LogP contribution >= 0.6 is 0 Å². The monoisotopic (exact) mass is 298 g/mol. The van der Waals surface area contributed by atoms with Gasteiger partial charge in [-0.1, -0.05) is 20.8 Å². The Morgan fingerprint density at radius 2 is 1.43 bits per heavy atom. The van der Waals surface area contributed by atoms with Crippen LogP contribution in [-0.4, -0.2) is 53.7 Å². The minimum atomic E-state index is -0.653. The zero-order valence-corrected chi connectivity index (χ0v) is 15.0. The van der Waals surface area contributed by atoms with Crippen LogP contribution in [-0.2, 0) is 0 Å². The van der Waals surface area contributed by atoms with Crippen molar-refractivity contribution >= 4 is 0 Å². The molecular formula is C18H35FN2. The summed E-state index contributed by atoms with van der Waals surface area (Å²) in [6, 6.07) is 0.600. The topological polar surface area (TPSA) is 6.48 Å². The fourth-order valence-corrected chi connectivity index (χ4v) is 4.14. The van der Waals surface area contributed by atoms with Crippen molar-refractivity contribution in [2.45, 2.75) is 78.6 Å². The average molecular weight is 298 g/mol. The van der Waals surface area contributed by atoms with E-state index in [4.69, 9.17) is 0 Å². The smallest absolute Gasteiger partial charge is 0.116 e. The maximum Gasteiger partial charge on any atom is 0.116 e. The highest BCUT2D eigenvalue weighted by Gasteiger charge is 2.39. The van der Waals surface area contributed by atoms with Crippen LogP contribution in [0.15, 0.2) is 0 Å². The summed E-state index contributed by atoms with van der Waals surface area (Å²) in [7, 11) is 0. The summed E-state index contributed by atoms with van der Waals surface area (Å²) in [5.74, 6) is 0.225. The van der Waals surface area contributed by atoms with E-state index in [1.165, 1.54) is 12.8 Å². The lowest BCUT2D eigenvalue weighted by atomic mass is 9.74. The third kappa shape index (κ3) is 4.19. The van der Waals surface area contributed by atoms with Gasteiger partial charge in [0.1, 0.15) is 6.17 Å². The van der Waals surface area contributed by atoms with Gasteiger partial charge in [-0.15, -0.1) is 0 Å². The molecule has 21 heavy (non-hydrogen) atoms. The van der Waals surface area contributed by atoms with E-state index in [0.717, 1.165) is 26.1 Å². The first kappa shape index (κ1) is 17.2. The molecule has 2 nitrogen and oxygen atoms in total. The van der Waals surface area contributed by atoms with E-state index in [-0.39, 0.29) is 16.9 Å². The Balaban J connectivity index is 1.86. The van der Waals surface area contributed by atoms with Crippen molar-refractivity contribution in [2.75, 3.05) is 26.2 Å². The molecule has 0 radical (unpaired) electrons. The average Bonchev–Trinajstić information content (AvgIpc) is 2.36. The maximum absolute atomic E-state index is 14.6. The molecule has 2 fully saturated rings. The Morgan fingerprint density at radius 1 is 0.857 bits per heavy atom. The van der Waals surface area contributed by atoms with Gasteiger partial charge in [-0.2, -0.15) is 0 Å². The van der Waals surface area contributed by atoms with Crippen LogP contribution in [0.4, 0.5) is 4.39 Å². The molecule has 0 N–H and O–H groups in total. The van der Waals surface area contributed by atoms with E-state index in [0.29, 0.717) is 12.6 Å². The van der Waals surface area contributed by atoms with E-state index in [1.54, 1.807) is 0 Å². The molecule has 3 heteroatoms. The first-order valence-electron chi connectivity index (χ1n) is 8.72. The summed E-state index contributed by atoms with van der Waals surface area (Å²) in [6.45, 7) is 17.5. The molecule has 0 unspecified atom stereocenters. The van der Waals surface area contributed by atoms with Crippen LogP contribution in [0.25, 0.3) is 0 Å². The molecule has 0 aromatic heterocycles. The second kappa shape index (κ2) is 6.16. The Kier molecular flexibility index (Phi) is 5.04. The third-order valence-electron chi connectivity index (χ3n) is 5.61. The molecule has 2 aliphatic heterocycles. The zero-order chi connectivity index (χ0) is 15.8. The molecule has 0 aliphatic carbocycles. The largest absolute Gasteiger partial charge is 0.298 e. The zero-order valence-electron chi connectivity index (χ0n) is 15.0. The van der Waals surface area contributed by atoms with Gasteiger partial charge in [0.05, 0.1) is 0 Å². The van der Waals surface area contributed by atoms with Crippen LogP contribution in [0.5, 0.6) is 0 Å². The number of rotatable bonds is 1. The van der Waals surface area contributed by atoms with Gasteiger partial charge in [-0.25, -0.2) is 4.39 Å². The highest BCUT2D eigenvalue weighted by atomic mass is 19.1. The molecule has 0 aromatic carbocycles. The van der Waals surface area contributed by atoms with E-state index >= 15 is 0 Å². The molecule has 2 heterocycles. The van der Waals surface area contributed by atoms with Crippen molar-refractivity contribution in [2.24, 2.45) is 11.3 Å². The highest BCUT2D eigenvalue weighted by molar-refractivity contribution is 4.92. The van der Waals surface area contributed by atoms with Gasteiger partial charge in [0.2, 0.25) is 0 Å². The Labute approximate surface area is 131 Å². The Bertz CT molecular complexity index is 334. The third-order valence-corrected chi connectivity index (χ3v) is 5.61. The lowest BCUT2D eigenvalue weighted by molar-refractivity contribution is -0.0136. The van der Waals surface area contributed by atoms with Gasteiger partial charge in [-0.3, -0.25) is 9.80 Å². The van der Waals surface area contributed by atoms with Gasteiger partial charge in [-0.05, 0) is 57.9 Å². The van der Waals surface area contributed by atoms with Crippen LogP contribution in [0.2, 0.25) is 0 Å². The first-order chi connectivity index (χ1) is 9.59. The van der Waals surface area contributed by atoms with Crippen molar-refractivity contribution < 1.29 is 4.39 Å². The second-order valence-corrected chi connectivity index (χ2v) is 9.16. The highest BCUT2D eigenvalue weighted by Crippen LogP contribution is 2.37. The normalized spacial score (nSPS) is 31.6. The summed E-state index contributed by atoms with van der Waals surface area (Å²) < 4.78 is 14.6. The summed E-state index contributed by atoms with van der Waals surface area (Å²) in [5, 5.41) is 0. The Morgan fingerprint density at radius 3 is 1.86 bits per heavy atom. The summed E-state index contributed by atoms with van der Waals surface area (Å²) >= 11 is 0. The second-order valence-electron chi connectivity index (χ2n) is 9.16. The van der Waals surface area contributed by atoms with Gasteiger partial charge < -0.3 is 0 Å². The van der Waals surface area contributed by atoms with Crippen LogP contribution < -0.4 is 0 Å². The molecule has 0 spiro atoms. The number of nitrogens with zero attached hydrogens (tertiary/aromatic N) is 2. The summed E-state index contributed by atoms with van der Waals surface area (Å²) in [4.78, 5) is 5.01. The molecule has 0 saturated carbocycles. The number of likely N-dealkylation sites (tertiary alicyclic amines) is 2. The van der Waals surface area contributed by atoms with Gasteiger partial charge >= 0.3 is 0 Å². The predicted octanol–water partition coefficient (Wildman–Crippen LogP) is 3.96. The number of hydrogen-bond acceptors (Lipinski definition) is 2. The standard InChI is InChI=1S/C18H35FN2/c1-17(2,3)15-9-10-20(13-16(15)19)14-7-11-21(12-8-14)18(4,5)6/h14-16H,7-13H2,1-6H3/t15-,16-/m1/s1. The number of halogens is 1. The minimum Gasteiger partial charge on any atom is -0.298 e. The maximum atomic E-state index is 14.6. The quantitative estimate of drug-likeness (QED) is 0.723. The van der Waals surface area contributed by atoms with Crippen molar-refractivity contribution in [3.8, 4) is 0 Å². The van der Waals surface area contributed by atoms with E-state index in [1.807, 2.05) is 0 Å². The van der Waals surface area contributed by atoms with Crippen molar-refractivity contribution in [3.63, 3.8) is 0 Å². The van der Waals surface area contributed by atoms with Gasteiger partial charge in [0.25, 0.3) is 0 Å². The van der Waals surface area contributed by atoms with Crippen LogP contribution in [0.1, 0.15) is 60.8 Å². The molecular weight excluding hydrogens is 263 g/mol. The molecule has 0 amide bonds. The number of piperidine rings is 2. The fraction of sp³-hybridized carbons (Fsp3) is 1.00. The number of hydrogen-bond donors (Lipinski definition) is 0. The molecule has 0 aromatic rings. The fourth-order valence-electron chi connectivity index (χ4n) is 4.14. The van der Waals surface area contributed by atoms with Gasteiger partial charge in [0, 0.05) is 31.2 Å². The molecule has 2 rings (SSSR count). The van der Waals surface area contributed by atoms with E-state index in [9.17, 15) is 4.39 Å². The summed E-state index contributed by atoms with van der Waals surface area (Å²) in [5.41, 5.74) is 0.369. The predicted molar refractivity (Wildman–Crippen MR) is 88.4 cm³/mol. The van der Waals surface area contributed by atoms with Crippen molar-refractivity contribution in [3.05, 3.63) is 0 Å². The van der Waals surface area contributed by atoms with Crippen molar-refractivity contribution in [1.29, 1.82) is 0 Å². The van der Waals surface area contributed by atoms with Crippen molar-refractivity contribution in [1.82, 2.24) is 9.80 Å².